The molecule has 0 saturated heterocycles. The summed E-state index contributed by atoms with van der Waals surface area (Å²) in [7, 11) is 1.57. The summed E-state index contributed by atoms with van der Waals surface area (Å²) in [5, 5.41) is 10.9. The van der Waals surface area contributed by atoms with E-state index < -0.39 is 0 Å². The van der Waals surface area contributed by atoms with Gasteiger partial charge in [-0.1, -0.05) is 115 Å². The molecule has 8 aliphatic rings. The Labute approximate surface area is 675 Å². The normalized spacial score (nSPS) is 21.7. The Bertz CT molecular complexity index is 5970. The first-order chi connectivity index (χ1) is 55.2. The van der Waals surface area contributed by atoms with Gasteiger partial charge in [-0.05, 0) is 303 Å². The summed E-state index contributed by atoms with van der Waals surface area (Å²) >= 11 is 0. The molecule has 16 aromatic rings. The van der Waals surface area contributed by atoms with Crippen LogP contribution in [0.15, 0.2) is 261 Å². The van der Waals surface area contributed by atoms with Crippen molar-refractivity contribution in [3.05, 3.63) is 294 Å². The van der Waals surface area contributed by atoms with Crippen LogP contribution in [0.3, 0.4) is 0 Å². The van der Waals surface area contributed by atoms with Gasteiger partial charge in [0.25, 0.3) is 0 Å². The summed E-state index contributed by atoms with van der Waals surface area (Å²) in [5.41, 5.74) is 6.65. The first kappa shape index (κ1) is 73.5. The predicted molar refractivity (Wildman–Crippen MR) is 481 cm³/mol. The largest absolute Gasteiger partial charge is 0.496 e. The average Bonchev–Trinajstić information content (AvgIpc) is 1.75. The third-order valence-corrected chi connectivity index (χ3v) is 35.5. The van der Waals surface area contributed by atoms with Gasteiger partial charge in [-0.3, -0.25) is 0 Å². The Kier molecular flexibility index (Phi) is 19.9. The molecule has 0 spiro atoms. The molecule has 0 unspecified atom stereocenters. The highest BCUT2D eigenvalue weighted by atomic mass is 32.2. The lowest BCUT2D eigenvalue weighted by Gasteiger charge is -2.59. The third kappa shape index (κ3) is 13.5. The molecule has 8 saturated carbocycles. The number of carbonyl (C=O) groups is 1. The van der Waals surface area contributed by atoms with Crippen LogP contribution in [0.25, 0.3) is 100 Å². The highest BCUT2D eigenvalue weighted by Crippen LogP contribution is 2.61. The lowest BCUT2D eigenvalue weighted by atomic mass is 9.50. The van der Waals surface area contributed by atoms with Crippen LogP contribution >= 0.6 is 41.9 Å². The third-order valence-electron chi connectivity index (χ3n) is 26.2. The second kappa shape index (κ2) is 30.6. The van der Waals surface area contributed by atoms with Crippen molar-refractivity contribution in [2.45, 2.75) is 124 Å². The van der Waals surface area contributed by atoms with Crippen molar-refractivity contribution in [2.24, 2.45) is 47.3 Å². The average molecular weight is 1560 g/mol. The van der Waals surface area contributed by atoms with Crippen LogP contribution in [0, 0.1) is 88.9 Å². The van der Waals surface area contributed by atoms with Crippen LogP contribution < -0.4 is 14.2 Å². The number of benzene rings is 12. The molecular weight excluding hydrogens is 1460 g/mol. The maximum Gasteiger partial charge on any atom is 0.344 e. The fourth-order valence-corrected chi connectivity index (χ4v) is 31.9. The maximum atomic E-state index is 13.0. The fraction of sp³-hybridized carbons (Fsp3) is 0.291. The smallest absolute Gasteiger partial charge is 0.344 e. The Morgan fingerprint density at radius 3 is 0.903 bits per heavy atom. The van der Waals surface area contributed by atoms with E-state index >= 15 is 0 Å². The molecule has 0 aliphatic heterocycles. The number of fused-ring (bicyclic) bond motifs is 12. The Morgan fingerprint density at radius 1 is 0.327 bits per heavy atom. The van der Waals surface area contributed by atoms with Crippen LogP contribution in [0.5, 0.6) is 17.2 Å². The molecule has 0 radical (unpaired) electrons. The van der Waals surface area contributed by atoms with E-state index in [0.717, 1.165) is 63.9 Å². The minimum atomic E-state index is -0.313. The molecule has 8 fully saturated rings. The van der Waals surface area contributed by atoms with E-state index in [2.05, 4.69) is 309 Å². The molecule has 6 nitrogen and oxygen atoms in total. The van der Waals surface area contributed by atoms with Crippen molar-refractivity contribution in [1.82, 2.24) is 0 Å². The van der Waals surface area contributed by atoms with Crippen LogP contribution in [0.1, 0.15) is 105 Å². The van der Waals surface area contributed by atoms with Gasteiger partial charge >= 0.3 is 5.97 Å². The quantitative estimate of drug-likeness (QED) is 0.0651. The van der Waals surface area contributed by atoms with Gasteiger partial charge in [0, 0.05) is 121 Å². The second-order valence-corrected chi connectivity index (χ2v) is 41.3. The van der Waals surface area contributed by atoms with Gasteiger partial charge in [0.15, 0.2) is 70.6 Å². The van der Waals surface area contributed by atoms with Crippen LogP contribution in [0.4, 0.5) is 0 Å². The van der Waals surface area contributed by atoms with E-state index in [1.165, 1.54) is 187 Å². The minimum absolute atomic E-state index is 0.0269. The van der Waals surface area contributed by atoms with E-state index in [1.54, 1.807) is 7.11 Å². The standard InChI is InChI=1S/C33H35O3S.C31H33O2S.C21H19OS.C18H13S/c1-20-12-26(37-29-10-6-4-8-27(29)28-9-5-7-11-30(28)37)13-21(2)32(20)35-19-31(34)36-33(3)24-15-22-14-23(17-24)18-25(33)16-22;1-19-11-25(34-28-9-5-3-7-26(28)27-8-4-6-10-29(27)34)12-20(2)30(19)32-18-33-31-23-14-21-13-22(16-23)17-24(31)15-21;1-14-12-16(13-15(2)21(14)22-3)23-19-10-6-4-8-17(19)18-9-5-7-11-20(18)23;1-2-8-14(9-3-1)19-17-12-6-4-10-15(17)16-11-5-7-13-18(16)19/h4-13,22-25H,14-19H2,1-3H3;3-12,21-24,31H,13-18H2,1-2H3;4-13H,1-3H3;1-13H/q4*+1. The van der Waals surface area contributed by atoms with Crippen molar-refractivity contribution in [3.63, 3.8) is 0 Å². The zero-order valence-corrected chi connectivity index (χ0v) is 69.4. The first-order valence-electron chi connectivity index (χ1n) is 40.9. The van der Waals surface area contributed by atoms with E-state index in [0.29, 0.717) is 24.7 Å². The lowest BCUT2D eigenvalue weighted by Crippen LogP contribution is -2.58. The topological polar surface area (TPSA) is 63.2 Å². The number of thiophene rings is 4. The highest BCUT2D eigenvalue weighted by Gasteiger charge is 2.57. The molecular formula is C103H100O6S4+4. The van der Waals surface area contributed by atoms with Crippen molar-refractivity contribution in [1.29, 1.82) is 0 Å². The summed E-state index contributed by atoms with van der Waals surface area (Å²) in [6.07, 6.45) is 13.7. The molecule has 10 heteroatoms. The minimum Gasteiger partial charge on any atom is -0.496 e. The number of methoxy groups -OCH3 is 1. The van der Waals surface area contributed by atoms with Crippen LogP contribution in [-0.4, -0.2) is 38.2 Å². The molecule has 12 aromatic carbocycles. The maximum absolute atomic E-state index is 13.0. The highest BCUT2D eigenvalue weighted by molar-refractivity contribution is 7.51. The van der Waals surface area contributed by atoms with Gasteiger partial charge in [0.2, 0.25) is 0 Å². The van der Waals surface area contributed by atoms with Gasteiger partial charge in [-0.25, -0.2) is 4.79 Å². The van der Waals surface area contributed by atoms with Crippen molar-refractivity contribution in [3.8, 4) is 36.8 Å². The molecule has 0 amide bonds. The summed E-state index contributed by atoms with van der Waals surface area (Å²) in [6, 6.07) is 95.0. The fourth-order valence-electron chi connectivity index (χ4n) is 21.9. The molecule has 4 heterocycles. The van der Waals surface area contributed by atoms with Crippen LogP contribution in [-0.2, 0) is 14.3 Å². The zero-order chi connectivity index (χ0) is 76.8. The van der Waals surface area contributed by atoms with Gasteiger partial charge in [0.1, 0.15) is 22.8 Å². The van der Waals surface area contributed by atoms with Gasteiger partial charge < -0.3 is 23.7 Å². The number of carbonyl (C=O) groups excluding carboxylic acids is 1. The monoisotopic (exact) mass is 1560 g/mol. The van der Waals surface area contributed by atoms with Gasteiger partial charge in [0.05, 0.1) is 13.2 Å². The SMILES string of the molecule is COc1c(C)cc(-[s+]2c3ccccc3c3ccccc32)cc1C.Cc1cc(-[s+]2c3ccccc3c3ccccc32)cc(C)c1OCC(=O)OC1(C)C2CC3CC(C2)CC1C3.Cc1cc(-[s+]2c3ccccc3c3ccccc32)cc(C)c1OCOC1C2CC3CC(C2)CC1C3.c1ccc(-[s+]2c3ccccc3c3ccccc32)cc1. The number of esters is 1. The molecule has 0 atom stereocenters. The van der Waals surface area contributed by atoms with E-state index in [-0.39, 0.29) is 60.1 Å². The summed E-state index contributed by atoms with van der Waals surface area (Å²) in [5.74, 6) is 8.83. The first-order valence-corrected chi connectivity index (χ1v) is 45.8. The Hall–Kier alpha value is -9.65. The molecule has 0 N–H and O–H groups in total. The summed E-state index contributed by atoms with van der Waals surface area (Å²) in [4.78, 5) is 18.5. The number of hydrogen-bond acceptors (Lipinski definition) is 6. The van der Waals surface area contributed by atoms with Crippen molar-refractivity contribution >= 4 is 129 Å². The van der Waals surface area contributed by atoms with E-state index in [1.807, 2.05) is 0 Å². The lowest BCUT2D eigenvalue weighted by molar-refractivity contribution is -0.204. The van der Waals surface area contributed by atoms with Crippen molar-refractivity contribution in [2.75, 3.05) is 20.5 Å². The molecule has 113 heavy (non-hydrogen) atoms. The molecule has 4 aromatic heterocycles. The van der Waals surface area contributed by atoms with E-state index in [4.69, 9.17) is 23.7 Å². The predicted octanol–water partition coefficient (Wildman–Crippen LogP) is 29.1. The van der Waals surface area contributed by atoms with E-state index in [9.17, 15) is 4.79 Å². The number of ether oxygens (including phenoxy) is 5. The Morgan fingerprint density at radius 2 is 0.593 bits per heavy atom. The molecule has 8 aliphatic carbocycles. The van der Waals surface area contributed by atoms with Gasteiger partial charge in [-0.2, -0.15) is 0 Å². The zero-order valence-electron chi connectivity index (χ0n) is 66.1. The van der Waals surface area contributed by atoms with Crippen LogP contribution in [0.2, 0.25) is 0 Å². The molecule has 24 rings (SSSR count). The summed E-state index contributed by atoms with van der Waals surface area (Å²) < 4.78 is 42.1. The second-order valence-electron chi connectivity index (χ2n) is 33.4. The van der Waals surface area contributed by atoms with Gasteiger partial charge in [-0.15, -0.1) is 0 Å². The summed E-state index contributed by atoms with van der Waals surface area (Å²) in [6.45, 7) is 15.4. The molecule has 568 valence electrons. The van der Waals surface area contributed by atoms with Crippen molar-refractivity contribution < 1.29 is 28.5 Å². The molecule has 8 bridgehead atoms. The number of aryl methyl sites for hydroxylation is 6. The number of rotatable bonds is 13. The number of hydrogen-bond donors (Lipinski definition) is 0. The Balaban J connectivity index is 0.000000104.